The predicted octanol–water partition coefficient (Wildman–Crippen LogP) is 3.64. The zero-order chi connectivity index (χ0) is 24.8. The van der Waals surface area contributed by atoms with Crippen LogP contribution in [0.4, 0.5) is 0 Å². The Morgan fingerprint density at radius 3 is 2.40 bits per heavy atom. The number of aromatic amines is 1. The molecule has 0 bridgehead atoms. The third-order valence-electron chi connectivity index (χ3n) is 5.37. The number of aliphatic hydroxyl groups excluding tert-OH is 1. The molecule has 2 heterocycles. The van der Waals surface area contributed by atoms with Crippen molar-refractivity contribution in [2.75, 3.05) is 13.7 Å². The first-order valence-electron chi connectivity index (χ1n) is 10.9. The average molecular weight is 473 g/mol. The Hall–Kier alpha value is -4.57. The van der Waals surface area contributed by atoms with Gasteiger partial charge in [-0.25, -0.2) is 9.89 Å². The summed E-state index contributed by atoms with van der Waals surface area (Å²) in [6.07, 6.45) is 0. The fourth-order valence-corrected chi connectivity index (χ4v) is 3.91. The highest BCUT2D eigenvalue weighted by Gasteiger charge is 2.19. The van der Waals surface area contributed by atoms with Crippen molar-refractivity contribution in [2.24, 2.45) is 0 Å². The molecule has 10 heteroatoms. The molecule has 0 spiro atoms. The number of H-pyrrole nitrogens is 1. The Morgan fingerprint density at radius 2 is 1.74 bits per heavy atom. The minimum absolute atomic E-state index is 0.192. The van der Waals surface area contributed by atoms with E-state index in [1.165, 1.54) is 0 Å². The molecule has 0 unspecified atom stereocenters. The van der Waals surface area contributed by atoms with Crippen molar-refractivity contribution >= 4 is 17.0 Å². The van der Waals surface area contributed by atoms with E-state index >= 15 is 0 Å². The number of nitrogens with zero attached hydrogens (tertiary/aromatic N) is 5. The van der Waals surface area contributed by atoms with Crippen molar-refractivity contribution in [1.82, 2.24) is 30.2 Å². The van der Waals surface area contributed by atoms with Crippen molar-refractivity contribution in [3.8, 4) is 28.5 Å². The Bertz CT molecular complexity index is 1430. The minimum atomic E-state index is -1.00. The summed E-state index contributed by atoms with van der Waals surface area (Å²) in [5, 5.41) is 30.9. The van der Waals surface area contributed by atoms with Gasteiger partial charge in [0.25, 0.3) is 6.01 Å². The maximum atomic E-state index is 11.8. The SMILES string of the molecule is CCOc1nc2cccc(C(=O)O)c2n1Cc1ccc(-c2ccccc2-c2nnn[nH]2)cc1.CO. The third-order valence-corrected chi connectivity index (χ3v) is 5.37. The molecular formula is C25H24N6O4. The summed E-state index contributed by atoms with van der Waals surface area (Å²) in [6.45, 7) is 2.72. The van der Waals surface area contributed by atoms with Crippen molar-refractivity contribution < 1.29 is 19.7 Å². The van der Waals surface area contributed by atoms with Crippen LogP contribution in [0, 0.1) is 0 Å². The summed E-state index contributed by atoms with van der Waals surface area (Å²) in [7, 11) is 1.00. The molecule has 0 aliphatic heterocycles. The summed E-state index contributed by atoms with van der Waals surface area (Å²) in [6, 6.07) is 21.4. The number of aromatic nitrogens is 6. The van der Waals surface area contributed by atoms with E-state index in [9.17, 15) is 9.90 Å². The van der Waals surface area contributed by atoms with Crippen LogP contribution in [-0.2, 0) is 6.54 Å². The molecule has 2 aromatic heterocycles. The van der Waals surface area contributed by atoms with E-state index in [2.05, 4.69) is 25.6 Å². The second-order valence-corrected chi connectivity index (χ2v) is 7.38. The van der Waals surface area contributed by atoms with E-state index in [4.69, 9.17) is 9.84 Å². The lowest BCUT2D eigenvalue weighted by Gasteiger charge is -2.12. The Kier molecular flexibility index (Phi) is 7.12. The predicted molar refractivity (Wildman–Crippen MR) is 130 cm³/mol. The number of imidazole rings is 1. The fraction of sp³-hybridized carbons (Fsp3) is 0.160. The number of nitrogens with one attached hydrogen (secondary N) is 1. The number of carboxylic acids is 1. The van der Waals surface area contributed by atoms with Crippen molar-refractivity contribution in [1.29, 1.82) is 0 Å². The van der Waals surface area contributed by atoms with Crippen LogP contribution in [0.2, 0.25) is 0 Å². The van der Waals surface area contributed by atoms with Gasteiger partial charge < -0.3 is 14.9 Å². The van der Waals surface area contributed by atoms with E-state index in [0.29, 0.717) is 36.0 Å². The first-order chi connectivity index (χ1) is 17.2. The van der Waals surface area contributed by atoms with Crippen LogP contribution in [0.5, 0.6) is 6.01 Å². The number of hydrogen-bond donors (Lipinski definition) is 3. The molecule has 0 atom stereocenters. The molecule has 5 aromatic rings. The number of tetrazole rings is 1. The van der Waals surface area contributed by atoms with E-state index in [0.717, 1.165) is 29.4 Å². The van der Waals surface area contributed by atoms with Gasteiger partial charge in [0, 0.05) is 12.7 Å². The normalized spacial score (nSPS) is 10.6. The van der Waals surface area contributed by atoms with Gasteiger partial charge in [0.15, 0.2) is 5.82 Å². The average Bonchev–Trinajstić information content (AvgIpc) is 3.55. The maximum Gasteiger partial charge on any atom is 0.337 e. The smallest absolute Gasteiger partial charge is 0.337 e. The van der Waals surface area contributed by atoms with Gasteiger partial charge >= 0.3 is 5.97 Å². The topological polar surface area (TPSA) is 139 Å². The molecule has 0 aliphatic carbocycles. The van der Waals surface area contributed by atoms with Gasteiger partial charge in [-0.1, -0.05) is 54.6 Å². The number of rotatable bonds is 7. The molecule has 3 N–H and O–H groups in total. The van der Waals surface area contributed by atoms with E-state index in [1.807, 2.05) is 60.0 Å². The summed E-state index contributed by atoms with van der Waals surface area (Å²) in [4.78, 5) is 16.3. The standard InChI is InChI=1S/C24H20N6O3.CH4O/c1-2-33-24-25-20-9-5-8-19(23(31)32)21(20)30(24)14-15-10-12-16(13-11-15)17-6-3-4-7-18(17)22-26-28-29-27-22;1-2/h3-13H,2,14H2,1H3,(H,31,32)(H,26,27,28,29);2H,1H3. The Labute approximate surface area is 200 Å². The quantitative estimate of drug-likeness (QED) is 0.326. The molecule has 0 saturated carbocycles. The number of carboxylic acid groups (broad SMARTS) is 1. The monoisotopic (exact) mass is 472 g/mol. The van der Waals surface area contributed by atoms with Gasteiger partial charge in [-0.2, -0.15) is 4.98 Å². The number of carbonyl (C=O) groups is 1. The molecule has 0 fully saturated rings. The number of hydrogen-bond acceptors (Lipinski definition) is 7. The van der Waals surface area contributed by atoms with Crippen LogP contribution in [0.15, 0.2) is 66.7 Å². The lowest BCUT2D eigenvalue weighted by Crippen LogP contribution is -2.08. The molecule has 0 radical (unpaired) electrons. The highest BCUT2D eigenvalue weighted by molar-refractivity contribution is 6.01. The van der Waals surface area contributed by atoms with Crippen LogP contribution in [0.25, 0.3) is 33.5 Å². The number of para-hydroxylation sites is 1. The number of benzene rings is 3. The van der Waals surface area contributed by atoms with Crippen LogP contribution < -0.4 is 4.74 Å². The molecule has 0 amide bonds. The lowest BCUT2D eigenvalue weighted by molar-refractivity contribution is 0.0698. The first-order valence-corrected chi connectivity index (χ1v) is 10.9. The largest absolute Gasteiger partial charge is 0.478 e. The van der Waals surface area contributed by atoms with E-state index in [-0.39, 0.29) is 5.56 Å². The van der Waals surface area contributed by atoms with Gasteiger partial charge in [-0.15, -0.1) is 5.10 Å². The molecule has 35 heavy (non-hydrogen) atoms. The van der Waals surface area contributed by atoms with Crippen LogP contribution in [0.1, 0.15) is 22.8 Å². The third kappa shape index (κ3) is 4.73. The molecule has 0 aliphatic rings. The van der Waals surface area contributed by atoms with Gasteiger partial charge in [0.05, 0.1) is 29.7 Å². The molecule has 3 aromatic carbocycles. The van der Waals surface area contributed by atoms with Crippen molar-refractivity contribution in [3.05, 3.63) is 77.9 Å². The van der Waals surface area contributed by atoms with E-state index in [1.54, 1.807) is 18.2 Å². The maximum absolute atomic E-state index is 11.8. The zero-order valence-electron chi connectivity index (χ0n) is 19.2. The second-order valence-electron chi connectivity index (χ2n) is 7.38. The molecule has 10 nitrogen and oxygen atoms in total. The number of ether oxygens (including phenoxy) is 1. The number of aliphatic hydroxyl groups is 1. The molecule has 0 saturated heterocycles. The zero-order valence-corrected chi connectivity index (χ0v) is 19.2. The summed E-state index contributed by atoms with van der Waals surface area (Å²) in [5.74, 6) is -0.402. The number of fused-ring (bicyclic) bond motifs is 1. The van der Waals surface area contributed by atoms with Gasteiger partial charge in [-0.3, -0.25) is 4.57 Å². The summed E-state index contributed by atoms with van der Waals surface area (Å²) in [5.41, 5.74) is 5.22. The highest BCUT2D eigenvalue weighted by atomic mass is 16.5. The minimum Gasteiger partial charge on any atom is -0.478 e. The molecular weight excluding hydrogens is 448 g/mol. The van der Waals surface area contributed by atoms with Crippen molar-refractivity contribution in [3.63, 3.8) is 0 Å². The highest BCUT2D eigenvalue weighted by Crippen LogP contribution is 2.31. The first kappa shape index (κ1) is 23.6. The summed E-state index contributed by atoms with van der Waals surface area (Å²) < 4.78 is 7.53. The second kappa shape index (κ2) is 10.6. The van der Waals surface area contributed by atoms with Crippen LogP contribution >= 0.6 is 0 Å². The fourth-order valence-electron chi connectivity index (χ4n) is 3.91. The Balaban J connectivity index is 0.00000141. The van der Waals surface area contributed by atoms with Crippen LogP contribution in [-0.4, -0.2) is 60.1 Å². The van der Waals surface area contributed by atoms with E-state index < -0.39 is 5.97 Å². The number of aromatic carboxylic acids is 1. The molecule has 5 rings (SSSR count). The lowest BCUT2D eigenvalue weighted by atomic mass is 9.98. The Morgan fingerprint density at radius 1 is 1.00 bits per heavy atom. The van der Waals surface area contributed by atoms with Crippen molar-refractivity contribution in [2.45, 2.75) is 13.5 Å². The van der Waals surface area contributed by atoms with Gasteiger partial charge in [-0.05, 0) is 46.2 Å². The van der Waals surface area contributed by atoms with Gasteiger partial charge in [0.2, 0.25) is 0 Å². The molecule has 178 valence electrons. The van der Waals surface area contributed by atoms with Crippen LogP contribution in [0.3, 0.4) is 0 Å². The van der Waals surface area contributed by atoms with Gasteiger partial charge in [0.1, 0.15) is 0 Å². The summed E-state index contributed by atoms with van der Waals surface area (Å²) >= 11 is 0.